The molecule has 4 aromatic rings. The number of aliphatic hydroxyl groups is 1. The number of hydrogen-bond donors (Lipinski definition) is 7. The molecule has 1 aliphatic carbocycles. The highest BCUT2D eigenvalue weighted by Gasteiger charge is 2.30. The summed E-state index contributed by atoms with van der Waals surface area (Å²) in [6.07, 6.45) is 1.85. The van der Waals surface area contributed by atoms with Gasteiger partial charge in [0, 0.05) is 41.7 Å². The topological polar surface area (TPSA) is 211 Å². The number of anilines is 1. The van der Waals surface area contributed by atoms with E-state index in [-0.39, 0.29) is 48.6 Å². The first-order valence-electron chi connectivity index (χ1n) is 16.6. The van der Waals surface area contributed by atoms with E-state index >= 15 is 0 Å². The summed E-state index contributed by atoms with van der Waals surface area (Å²) in [5.41, 5.74) is 5.43. The van der Waals surface area contributed by atoms with E-state index in [9.17, 15) is 24.3 Å². The Morgan fingerprint density at radius 2 is 1.62 bits per heavy atom. The predicted molar refractivity (Wildman–Crippen MR) is 186 cm³/mol. The van der Waals surface area contributed by atoms with E-state index in [1.807, 2.05) is 43.3 Å². The molecule has 1 heterocycles. The van der Waals surface area contributed by atoms with Crippen molar-refractivity contribution in [2.24, 2.45) is 11.8 Å². The van der Waals surface area contributed by atoms with Gasteiger partial charge in [0.05, 0.1) is 6.61 Å². The number of amides is 4. The molecule has 0 saturated heterocycles. The minimum absolute atomic E-state index is 0.147. The molecule has 0 radical (unpaired) electrons. The van der Waals surface area contributed by atoms with Crippen LogP contribution in [0, 0.1) is 18.8 Å². The minimum atomic E-state index is -1.06. The summed E-state index contributed by atoms with van der Waals surface area (Å²) in [5.74, 6) is -0.425. The molecule has 14 nitrogen and oxygen atoms in total. The number of aromatic nitrogens is 4. The van der Waals surface area contributed by atoms with Crippen LogP contribution in [0.4, 0.5) is 10.5 Å². The van der Waals surface area contributed by atoms with Gasteiger partial charge < -0.3 is 31.5 Å². The van der Waals surface area contributed by atoms with E-state index in [0.29, 0.717) is 36.5 Å². The zero-order valence-electron chi connectivity index (χ0n) is 28.0. The number of carbonyl (C=O) groups is 4. The van der Waals surface area contributed by atoms with E-state index < -0.39 is 12.1 Å². The fourth-order valence-electron chi connectivity index (χ4n) is 6.12. The van der Waals surface area contributed by atoms with Gasteiger partial charge in [-0.15, -0.1) is 5.10 Å². The van der Waals surface area contributed by atoms with Gasteiger partial charge in [-0.05, 0) is 115 Å². The maximum absolute atomic E-state index is 13.7. The number of aromatic amines is 1. The van der Waals surface area contributed by atoms with Gasteiger partial charge in [0.2, 0.25) is 11.8 Å². The van der Waals surface area contributed by atoms with Crippen molar-refractivity contribution < 1.29 is 29.4 Å². The number of benzene rings is 3. The second-order valence-electron chi connectivity index (χ2n) is 12.8. The van der Waals surface area contributed by atoms with Gasteiger partial charge in [0.25, 0.3) is 5.91 Å². The van der Waals surface area contributed by atoms with Crippen molar-refractivity contribution in [3.8, 4) is 22.5 Å². The van der Waals surface area contributed by atoms with Gasteiger partial charge in [-0.3, -0.25) is 14.4 Å². The third-order valence-corrected chi connectivity index (χ3v) is 9.01. The van der Waals surface area contributed by atoms with Crippen LogP contribution in [0.5, 0.6) is 0 Å². The van der Waals surface area contributed by atoms with Gasteiger partial charge in [0.15, 0.2) is 5.82 Å². The molecule has 1 aliphatic rings. The summed E-state index contributed by atoms with van der Waals surface area (Å²) in [6, 6.07) is 19.0. The summed E-state index contributed by atoms with van der Waals surface area (Å²) >= 11 is 0. The number of nitrogens with one attached hydrogen (secondary N) is 5. The van der Waals surface area contributed by atoms with Crippen molar-refractivity contribution in [2.75, 3.05) is 18.5 Å². The highest BCUT2D eigenvalue weighted by molar-refractivity contribution is 5.98. The van der Waals surface area contributed by atoms with Crippen molar-refractivity contribution in [3.05, 3.63) is 83.4 Å². The van der Waals surface area contributed by atoms with Crippen molar-refractivity contribution >= 4 is 29.5 Å². The van der Waals surface area contributed by atoms with Crippen LogP contribution in [0.15, 0.2) is 66.7 Å². The van der Waals surface area contributed by atoms with Crippen molar-refractivity contribution in [3.63, 3.8) is 0 Å². The fraction of sp³-hybridized carbons (Fsp3) is 0.361. The van der Waals surface area contributed by atoms with Crippen LogP contribution in [-0.4, -0.2) is 79.9 Å². The molecule has 0 aliphatic heterocycles. The van der Waals surface area contributed by atoms with Gasteiger partial charge in [0.1, 0.15) is 6.04 Å². The Morgan fingerprint density at radius 1 is 0.920 bits per heavy atom. The second kappa shape index (κ2) is 16.7. The van der Waals surface area contributed by atoms with E-state index in [0.717, 1.165) is 40.7 Å². The summed E-state index contributed by atoms with van der Waals surface area (Å²) in [7, 11) is 0. The quantitative estimate of drug-likeness (QED) is 0.109. The Labute approximate surface area is 289 Å². The number of carbonyl (C=O) groups excluding carboxylic acids is 3. The molecule has 0 spiro atoms. The Morgan fingerprint density at radius 3 is 2.24 bits per heavy atom. The molecule has 2 atom stereocenters. The molecule has 14 heteroatoms. The van der Waals surface area contributed by atoms with E-state index in [1.54, 1.807) is 37.3 Å². The zero-order valence-corrected chi connectivity index (χ0v) is 28.0. The largest absolute Gasteiger partial charge is 0.465 e. The van der Waals surface area contributed by atoms with Crippen molar-refractivity contribution in [1.29, 1.82) is 0 Å². The van der Waals surface area contributed by atoms with Crippen molar-refractivity contribution in [2.45, 2.75) is 58.0 Å². The van der Waals surface area contributed by atoms with E-state index in [4.69, 9.17) is 5.11 Å². The number of aryl methyl sites for hydroxylation is 1. The number of aliphatic hydroxyl groups excluding tert-OH is 1. The molecule has 1 aromatic heterocycles. The molecule has 1 saturated carbocycles. The second-order valence-corrected chi connectivity index (χ2v) is 12.8. The van der Waals surface area contributed by atoms with Gasteiger partial charge >= 0.3 is 6.09 Å². The Balaban J connectivity index is 1.28. The van der Waals surface area contributed by atoms with Crippen molar-refractivity contribution in [1.82, 2.24) is 36.6 Å². The maximum atomic E-state index is 13.7. The summed E-state index contributed by atoms with van der Waals surface area (Å²) in [5, 5.41) is 43.1. The Bertz CT molecular complexity index is 1770. The van der Waals surface area contributed by atoms with Crippen LogP contribution in [0.1, 0.15) is 54.1 Å². The number of rotatable bonds is 13. The van der Waals surface area contributed by atoms with Crippen LogP contribution in [0.2, 0.25) is 0 Å². The fourth-order valence-corrected chi connectivity index (χ4v) is 6.12. The van der Waals surface area contributed by atoms with Crippen LogP contribution in [0.3, 0.4) is 0 Å². The van der Waals surface area contributed by atoms with Crippen LogP contribution < -0.4 is 21.3 Å². The number of carboxylic acid groups (broad SMARTS) is 1. The smallest absolute Gasteiger partial charge is 0.404 e. The molecule has 5 rings (SSSR count). The van der Waals surface area contributed by atoms with Gasteiger partial charge in [-0.25, -0.2) is 9.89 Å². The lowest BCUT2D eigenvalue weighted by Crippen LogP contribution is -2.48. The lowest BCUT2D eigenvalue weighted by atomic mass is 9.81. The minimum Gasteiger partial charge on any atom is -0.465 e. The van der Waals surface area contributed by atoms with E-state index in [1.165, 1.54) is 0 Å². The highest BCUT2D eigenvalue weighted by atomic mass is 16.4. The third-order valence-electron chi connectivity index (χ3n) is 9.01. The average Bonchev–Trinajstić information content (AvgIpc) is 3.66. The molecule has 4 amide bonds. The Kier molecular flexibility index (Phi) is 11.9. The number of tetrazole rings is 1. The lowest BCUT2D eigenvalue weighted by molar-refractivity contribution is -0.130. The molecular formula is C36H42N8O6. The first-order valence-corrected chi connectivity index (χ1v) is 16.6. The predicted octanol–water partition coefficient (Wildman–Crippen LogP) is 3.69. The summed E-state index contributed by atoms with van der Waals surface area (Å²) in [6.45, 7) is 3.87. The number of nitrogens with zero attached hydrogens (tertiary/aromatic N) is 3. The molecular weight excluding hydrogens is 640 g/mol. The molecule has 0 bridgehead atoms. The normalized spacial score (nSPS) is 16.9. The molecule has 3 aromatic carbocycles. The molecule has 1 unspecified atom stereocenters. The van der Waals surface area contributed by atoms with Gasteiger partial charge in [-0.2, -0.15) is 0 Å². The molecule has 50 heavy (non-hydrogen) atoms. The average molecular weight is 683 g/mol. The zero-order chi connectivity index (χ0) is 35.6. The third kappa shape index (κ3) is 9.50. The summed E-state index contributed by atoms with van der Waals surface area (Å²) in [4.78, 5) is 50.6. The first kappa shape index (κ1) is 35.7. The van der Waals surface area contributed by atoms with Gasteiger partial charge in [-0.1, -0.05) is 30.3 Å². The van der Waals surface area contributed by atoms with Crippen LogP contribution >= 0.6 is 0 Å². The molecule has 7 N–H and O–H groups in total. The molecule has 262 valence electrons. The SMILES string of the molecule is Cc1cc(C(=O)NC(C)CO)ccc1-c1ccc(C[C@H](NC(=O)[C@H]2CC[C@H](CNC(=O)O)CC2)C(=O)Nc2ccc(-c3nnn[nH]3)cc2)cc1. The maximum Gasteiger partial charge on any atom is 0.404 e. The van der Waals surface area contributed by atoms with E-state index in [2.05, 4.69) is 41.9 Å². The number of hydrogen-bond acceptors (Lipinski definition) is 8. The standard InChI is InChI=1S/C36H42N8O6/c1-21-17-28(34(47)38-22(2)20-45)13-16-30(21)25-7-3-23(4-8-25)18-31(40-33(46)27-9-5-24(6-10-27)19-37-36(49)50)35(48)39-29-14-11-26(12-15-29)32-41-43-44-42-32/h3-4,7-8,11-17,22,24,27,31,37,45H,5-6,9-10,18-20H2,1-2H3,(H,38,47)(H,39,48)(H,40,46)(H,49,50)(H,41,42,43,44)/t22?,24-,27-,31-/m0/s1. The summed E-state index contributed by atoms with van der Waals surface area (Å²) < 4.78 is 0. The van der Waals surface area contributed by atoms with Crippen LogP contribution in [-0.2, 0) is 16.0 Å². The molecule has 1 fully saturated rings. The van der Waals surface area contributed by atoms with Crippen LogP contribution in [0.25, 0.3) is 22.5 Å². The highest BCUT2D eigenvalue weighted by Crippen LogP contribution is 2.29. The first-order chi connectivity index (χ1) is 24.1. The lowest BCUT2D eigenvalue weighted by Gasteiger charge is -2.29. The monoisotopic (exact) mass is 682 g/mol. The number of H-pyrrole nitrogens is 1. The Hall–Kier alpha value is -5.63.